The molecule has 1 aromatic carbocycles. The molecule has 1 aliphatic carbocycles. The Morgan fingerprint density at radius 2 is 1.69 bits per heavy atom. The normalized spacial score (nSPS) is 17.5. The number of amides is 2. The van der Waals surface area contributed by atoms with Crippen LogP contribution in [0.5, 0.6) is 0 Å². The molecule has 7 heteroatoms. The van der Waals surface area contributed by atoms with Crippen molar-refractivity contribution in [2.75, 3.05) is 0 Å². The first-order chi connectivity index (χ1) is 12.6. The van der Waals surface area contributed by atoms with Crippen LogP contribution in [0.4, 0.5) is 0 Å². The summed E-state index contributed by atoms with van der Waals surface area (Å²) in [5, 5.41) is 4.87. The molecule has 134 valence electrons. The average Bonchev–Trinajstić information content (AvgIpc) is 3.16. The molecule has 1 saturated carbocycles. The molecule has 0 radical (unpaired) electrons. The van der Waals surface area contributed by atoms with Gasteiger partial charge in [0.05, 0.1) is 29.1 Å². The molecular weight excluding hydrogens is 334 g/mol. The van der Waals surface area contributed by atoms with E-state index in [-0.39, 0.29) is 22.7 Å². The maximum atomic E-state index is 12.5. The lowest BCUT2D eigenvalue weighted by atomic mass is 9.95. The SMILES string of the molecule is Cc1c(C(=O)ON2C(=O)c3ccccc3C2=O)cnn1C1CCCCC1. The van der Waals surface area contributed by atoms with Crippen LogP contribution >= 0.6 is 0 Å². The zero-order valence-electron chi connectivity index (χ0n) is 14.5. The Labute approximate surface area is 150 Å². The van der Waals surface area contributed by atoms with Crippen LogP contribution in [0.3, 0.4) is 0 Å². The highest BCUT2D eigenvalue weighted by Crippen LogP contribution is 2.30. The molecule has 26 heavy (non-hydrogen) atoms. The Morgan fingerprint density at radius 3 is 2.31 bits per heavy atom. The van der Waals surface area contributed by atoms with Crippen molar-refractivity contribution >= 4 is 17.8 Å². The lowest BCUT2D eigenvalue weighted by Crippen LogP contribution is -2.32. The number of nitrogens with zero attached hydrogens (tertiary/aromatic N) is 3. The number of aromatic nitrogens is 2. The van der Waals surface area contributed by atoms with E-state index in [1.807, 2.05) is 4.68 Å². The van der Waals surface area contributed by atoms with Crippen molar-refractivity contribution in [3.63, 3.8) is 0 Å². The molecule has 1 fully saturated rings. The smallest absolute Gasteiger partial charge is 0.324 e. The molecule has 1 aliphatic heterocycles. The minimum absolute atomic E-state index is 0.236. The molecule has 0 bridgehead atoms. The Bertz CT molecular complexity index is 861. The predicted octanol–water partition coefficient (Wildman–Crippen LogP) is 3.06. The van der Waals surface area contributed by atoms with Crippen molar-refractivity contribution in [3.05, 3.63) is 52.8 Å². The number of hydrogen-bond donors (Lipinski definition) is 0. The van der Waals surface area contributed by atoms with Crippen LogP contribution in [-0.2, 0) is 4.84 Å². The number of benzene rings is 1. The summed E-state index contributed by atoms with van der Waals surface area (Å²) < 4.78 is 1.86. The van der Waals surface area contributed by atoms with Gasteiger partial charge in [0, 0.05) is 0 Å². The van der Waals surface area contributed by atoms with Crippen LogP contribution in [-0.4, -0.2) is 32.6 Å². The number of imide groups is 1. The fraction of sp³-hybridized carbons (Fsp3) is 0.368. The lowest BCUT2D eigenvalue weighted by Gasteiger charge is -2.23. The summed E-state index contributed by atoms with van der Waals surface area (Å²) in [4.78, 5) is 42.3. The molecule has 1 aromatic heterocycles. The van der Waals surface area contributed by atoms with Gasteiger partial charge in [-0.2, -0.15) is 5.10 Å². The standard InChI is InChI=1S/C19H19N3O4/c1-12-16(11-20-21(12)13-7-3-2-4-8-13)19(25)26-22-17(23)14-9-5-6-10-15(14)18(22)24/h5-6,9-11,13H,2-4,7-8H2,1H3. The average molecular weight is 353 g/mol. The third-order valence-corrected chi connectivity index (χ3v) is 5.12. The topological polar surface area (TPSA) is 81.5 Å². The zero-order chi connectivity index (χ0) is 18.3. The molecule has 4 rings (SSSR count). The van der Waals surface area contributed by atoms with Crippen LogP contribution < -0.4 is 0 Å². The third kappa shape index (κ3) is 2.60. The van der Waals surface area contributed by atoms with Crippen molar-refractivity contribution in [3.8, 4) is 0 Å². The molecule has 0 saturated heterocycles. The number of rotatable bonds is 3. The number of hydroxylamine groups is 2. The van der Waals surface area contributed by atoms with E-state index in [2.05, 4.69) is 5.10 Å². The first-order valence-electron chi connectivity index (χ1n) is 8.82. The van der Waals surface area contributed by atoms with Crippen LogP contribution in [0.2, 0.25) is 0 Å². The summed E-state index contributed by atoms with van der Waals surface area (Å²) in [5.74, 6) is -2.01. The van der Waals surface area contributed by atoms with Gasteiger partial charge in [-0.05, 0) is 31.9 Å². The highest BCUT2D eigenvalue weighted by molar-refractivity contribution is 6.21. The highest BCUT2D eigenvalue weighted by atomic mass is 16.7. The first-order valence-corrected chi connectivity index (χ1v) is 8.82. The number of carbonyl (C=O) groups excluding carboxylic acids is 3. The van der Waals surface area contributed by atoms with Crippen molar-refractivity contribution < 1.29 is 19.2 Å². The summed E-state index contributed by atoms with van der Waals surface area (Å²) in [6.45, 7) is 1.81. The van der Waals surface area contributed by atoms with E-state index in [0.29, 0.717) is 10.8 Å². The lowest BCUT2D eigenvalue weighted by molar-refractivity contribution is -0.0585. The number of carbonyl (C=O) groups is 3. The van der Waals surface area contributed by atoms with E-state index in [9.17, 15) is 14.4 Å². The van der Waals surface area contributed by atoms with E-state index in [4.69, 9.17) is 4.84 Å². The molecule has 0 unspecified atom stereocenters. The minimum atomic E-state index is -0.751. The van der Waals surface area contributed by atoms with Crippen molar-refractivity contribution in [1.82, 2.24) is 14.8 Å². The Hall–Kier alpha value is -2.96. The van der Waals surface area contributed by atoms with E-state index < -0.39 is 17.8 Å². The largest absolute Gasteiger partial charge is 0.367 e. The summed E-state index contributed by atoms with van der Waals surface area (Å²) in [5.41, 5.74) is 1.44. The van der Waals surface area contributed by atoms with Crippen LogP contribution in [0.15, 0.2) is 30.5 Å². The molecule has 2 aromatic rings. The summed E-state index contributed by atoms with van der Waals surface area (Å²) in [7, 11) is 0. The van der Waals surface area contributed by atoms with E-state index in [0.717, 1.165) is 25.7 Å². The van der Waals surface area contributed by atoms with Gasteiger partial charge in [-0.1, -0.05) is 36.5 Å². The summed E-state index contributed by atoms with van der Waals surface area (Å²) >= 11 is 0. The van der Waals surface area contributed by atoms with E-state index >= 15 is 0 Å². The monoisotopic (exact) mass is 353 g/mol. The second-order valence-electron chi connectivity index (χ2n) is 6.71. The van der Waals surface area contributed by atoms with Gasteiger partial charge in [-0.15, -0.1) is 0 Å². The van der Waals surface area contributed by atoms with Crippen molar-refractivity contribution in [2.24, 2.45) is 0 Å². The van der Waals surface area contributed by atoms with Gasteiger partial charge in [0.1, 0.15) is 5.56 Å². The Morgan fingerprint density at radius 1 is 1.08 bits per heavy atom. The molecular formula is C19H19N3O4. The molecule has 2 aliphatic rings. The second kappa shape index (κ2) is 6.40. The van der Waals surface area contributed by atoms with Gasteiger partial charge in [-0.25, -0.2) is 4.79 Å². The predicted molar refractivity (Wildman–Crippen MR) is 91.4 cm³/mol. The van der Waals surface area contributed by atoms with Crippen LogP contribution in [0, 0.1) is 6.92 Å². The van der Waals surface area contributed by atoms with Crippen molar-refractivity contribution in [2.45, 2.75) is 45.1 Å². The summed E-state index contributed by atoms with van der Waals surface area (Å²) in [6.07, 6.45) is 7.05. The molecule has 2 amide bonds. The maximum Gasteiger partial charge on any atom is 0.367 e. The fourth-order valence-electron chi connectivity index (χ4n) is 3.70. The van der Waals surface area contributed by atoms with Gasteiger partial charge in [0.15, 0.2) is 0 Å². The Kier molecular flexibility index (Phi) is 4.06. The minimum Gasteiger partial charge on any atom is -0.324 e. The quantitative estimate of drug-likeness (QED) is 0.792. The molecule has 2 heterocycles. The maximum absolute atomic E-state index is 12.5. The van der Waals surface area contributed by atoms with Gasteiger partial charge in [0.25, 0.3) is 11.8 Å². The fourth-order valence-corrected chi connectivity index (χ4v) is 3.70. The van der Waals surface area contributed by atoms with Gasteiger partial charge in [-0.3, -0.25) is 14.3 Å². The van der Waals surface area contributed by atoms with Crippen LogP contribution in [0.1, 0.15) is 74.9 Å². The zero-order valence-corrected chi connectivity index (χ0v) is 14.5. The molecule has 0 spiro atoms. The van der Waals surface area contributed by atoms with E-state index in [1.54, 1.807) is 19.1 Å². The van der Waals surface area contributed by atoms with E-state index in [1.165, 1.54) is 24.8 Å². The second-order valence-corrected chi connectivity index (χ2v) is 6.71. The van der Waals surface area contributed by atoms with Crippen molar-refractivity contribution in [1.29, 1.82) is 0 Å². The summed E-state index contributed by atoms with van der Waals surface area (Å²) in [6, 6.07) is 6.68. The number of hydrogen-bond acceptors (Lipinski definition) is 5. The van der Waals surface area contributed by atoms with Gasteiger partial charge in [0.2, 0.25) is 0 Å². The van der Waals surface area contributed by atoms with Gasteiger partial charge < -0.3 is 4.84 Å². The number of fused-ring (bicyclic) bond motifs is 1. The molecule has 0 atom stereocenters. The first kappa shape index (κ1) is 16.5. The highest BCUT2D eigenvalue weighted by Gasteiger charge is 2.39. The van der Waals surface area contributed by atoms with Crippen LogP contribution in [0.25, 0.3) is 0 Å². The molecule has 0 N–H and O–H groups in total. The molecule has 7 nitrogen and oxygen atoms in total. The third-order valence-electron chi connectivity index (χ3n) is 5.12. The van der Waals surface area contributed by atoms with Gasteiger partial charge >= 0.3 is 5.97 Å². The Balaban J connectivity index is 1.54.